The van der Waals surface area contributed by atoms with Crippen molar-refractivity contribution in [3.05, 3.63) is 23.4 Å². The maximum atomic E-state index is 9.18. The van der Waals surface area contributed by atoms with Gasteiger partial charge in [0.05, 0.1) is 5.56 Å². The van der Waals surface area contributed by atoms with Gasteiger partial charge in [0.2, 0.25) is 0 Å². The van der Waals surface area contributed by atoms with Crippen molar-refractivity contribution in [2.24, 2.45) is 5.92 Å². The topological polar surface area (TPSA) is 52.0 Å². The molecule has 1 fully saturated rings. The zero-order valence-corrected chi connectivity index (χ0v) is 11.8. The lowest BCUT2D eigenvalue weighted by molar-refractivity contribution is 0.377. The highest BCUT2D eigenvalue weighted by atomic mass is 15.2. The standard InChI is InChI=1S/C15H22N4/c1-12-3-4-14(11-16)15(18-12)19-9-6-13(7-10-19)5-8-17-2/h3-4,13,17H,5-10H2,1-2H3. The van der Waals surface area contributed by atoms with E-state index in [0.29, 0.717) is 5.56 Å². The molecule has 0 aliphatic carbocycles. The summed E-state index contributed by atoms with van der Waals surface area (Å²) in [5, 5.41) is 12.4. The van der Waals surface area contributed by atoms with Gasteiger partial charge in [-0.3, -0.25) is 0 Å². The first kappa shape index (κ1) is 13.8. The summed E-state index contributed by atoms with van der Waals surface area (Å²) in [4.78, 5) is 6.81. The molecule has 0 radical (unpaired) electrons. The number of rotatable bonds is 4. The van der Waals surface area contributed by atoms with Crippen LogP contribution in [0.5, 0.6) is 0 Å². The first-order valence-corrected chi connectivity index (χ1v) is 7.02. The molecule has 4 heteroatoms. The van der Waals surface area contributed by atoms with Crippen LogP contribution in [0.4, 0.5) is 5.82 Å². The molecule has 0 amide bonds. The number of aromatic nitrogens is 1. The molecule has 0 bridgehead atoms. The molecule has 2 rings (SSSR count). The summed E-state index contributed by atoms with van der Waals surface area (Å²) in [5.41, 5.74) is 1.67. The van der Waals surface area contributed by atoms with Crippen LogP contribution in [0.15, 0.2) is 12.1 Å². The van der Waals surface area contributed by atoms with E-state index < -0.39 is 0 Å². The van der Waals surface area contributed by atoms with Crippen LogP contribution < -0.4 is 10.2 Å². The molecule has 1 saturated heterocycles. The molecule has 1 aliphatic heterocycles. The van der Waals surface area contributed by atoms with Crippen molar-refractivity contribution in [3.8, 4) is 6.07 Å². The summed E-state index contributed by atoms with van der Waals surface area (Å²) in [6.07, 6.45) is 3.64. The predicted octanol–water partition coefficient (Wildman–Crippen LogP) is 2.09. The summed E-state index contributed by atoms with van der Waals surface area (Å²) in [7, 11) is 2.00. The molecule has 0 atom stereocenters. The minimum absolute atomic E-state index is 0.694. The van der Waals surface area contributed by atoms with E-state index in [4.69, 9.17) is 0 Å². The molecule has 1 aliphatic rings. The van der Waals surface area contributed by atoms with Crippen LogP contribution in [0.1, 0.15) is 30.5 Å². The van der Waals surface area contributed by atoms with Gasteiger partial charge in [-0.2, -0.15) is 5.26 Å². The van der Waals surface area contributed by atoms with Gasteiger partial charge in [-0.1, -0.05) is 0 Å². The van der Waals surface area contributed by atoms with Crippen LogP contribution in [0, 0.1) is 24.2 Å². The highest BCUT2D eigenvalue weighted by Crippen LogP contribution is 2.26. The third kappa shape index (κ3) is 3.45. The Morgan fingerprint density at radius 1 is 1.42 bits per heavy atom. The highest BCUT2D eigenvalue weighted by Gasteiger charge is 2.21. The number of hydrogen-bond donors (Lipinski definition) is 1. The minimum Gasteiger partial charge on any atom is -0.355 e. The average Bonchev–Trinajstić information content (AvgIpc) is 2.45. The first-order valence-electron chi connectivity index (χ1n) is 7.02. The van der Waals surface area contributed by atoms with Crippen molar-refractivity contribution in [1.29, 1.82) is 5.26 Å². The summed E-state index contributed by atoms with van der Waals surface area (Å²) in [6, 6.07) is 6.04. The Morgan fingerprint density at radius 2 is 2.16 bits per heavy atom. The highest BCUT2D eigenvalue weighted by molar-refractivity contribution is 5.54. The summed E-state index contributed by atoms with van der Waals surface area (Å²) < 4.78 is 0. The van der Waals surface area contributed by atoms with Gasteiger partial charge in [0.15, 0.2) is 0 Å². The Labute approximate surface area is 115 Å². The summed E-state index contributed by atoms with van der Waals surface area (Å²) in [5.74, 6) is 1.67. The maximum Gasteiger partial charge on any atom is 0.146 e. The summed E-state index contributed by atoms with van der Waals surface area (Å²) >= 11 is 0. The van der Waals surface area contributed by atoms with Crippen LogP contribution in [-0.4, -0.2) is 31.7 Å². The monoisotopic (exact) mass is 258 g/mol. The molecule has 1 N–H and O–H groups in total. The number of pyridine rings is 1. The van der Waals surface area contributed by atoms with Gasteiger partial charge in [-0.15, -0.1) is 0 Å². The normalized spacial score (nSPS) is 16.4. The molecule has 0 aromatic carbocycles. The first-order chi connectivity index (χ1) is 9.24. The summed E-state index contributed by atoms with van der Waals surface area (Å²) in [6.45, 7) is 5.10. The van der Waals surface area contributed by atoms with Crippen molar-refractivity contribution in [2.45, 2.75) is 26.2 Å². The zero-order valence-electron chi connectivity index (χ0n) is 11.8. The molecule has 102 valence electrons. The quantitative estimate of drug-likeness (QED) is 0.898. The molecular weight excluding hydrogens is 236 g/mol. The number of hydrogen-bond acceptors (Lipinski definition) is 4. The largest absolute Gasteiger partial charge is 0.355 e. The number of aryl methyl sites for hydroxylation is 1. The van der Waals surface area contributed by atoms with Crippen LogP contribution >= 0.6 is 0 Å². The van der Waals surface area contributed by atoms with E-state index in [1.807, 2.05) is 26.1 Å². The second-order valence-electron chi connectivity index (χ2n) is 5.26. The Hall–Kier alpha value is -1.60. The average molecular weight is 258 g/mol. The van der Waals surface area contributed by atoms with Crippen molar-refractivity contribution >= 4 is 5.82 Å². The Bertz CT molecular complexity index is 456. The van der Waals surface area contributed by atoms with Gasteiger partial charge in [-0.05, 0) is 57.8 Å². The van der Waals surface area contributed by atoms with Crippen LogP contribution in [-0.2, 0) is 0 Å². The molecule has 1 aromatic rings. The third-order valence-corrected chi connectivity index (χ3v) is 3.85. The fraction of sp³-hybridized carbons (Fsp3) is 0.600. The van der Waals surface area contributed by atoms with Crippen molar-refractivity contribution in [3.63, 3.8) is 0 Å². The number of nitrogens with zero attached hydrogens (tertiary/aromatic N) is 3. The Morgan fingerprint density at radius 3 is 2.79 bits per heavy atom. The predicted molar refractivity (Wildman–Crippen MR) is 77.2 cm³/mol. The number of nitrogens with one attached hydrogen (secondary N) is 1. The smallest absolute Gasteiger partial charge is 0.146 e. The van der Waals surface area contributed by atoms with Crippen LogP contribution in [0.2, 0.25) is 0 Å². The molecule has 19 heavy (non-hydrogen) atoms. The van der Waals surface area contributed by atoms with Gasteiger partial charge in [0.1, 0.15) is 11.9 Å². The second kappa shape index (κ2) is 6.53. The van der Waals surface area contributed by atoms with Gasteiger partial charge in [0.25, 0.3) is 0 Å². The molecule has 0 saturated carbocycles. The molecule has 4 nitrogen and oxygen atoms in total. The lowest BCUT2D eigenvalue weighted by Crippen LogP contribution is -2.35. The fourth-order valence-corrected chi connectivity index (χ4v) is 2.65. The second-order valence-corrected chi connectivity index (χ2v) is 5.26. The van der Waals surface area contributed by atoms with Gasteiger partial charge in [0, 0.05) is 18.8 Å². The minimum atomic E-state index is 0.694. The van der Waals surface area contributed by atoms with Crippen LogP contribution in [0.25, 0.3) is 0 Å². The molecule has 0 spiro atoms. The molecule has 1 aromatic heterocycles. The van der Waals surface area contributed by atoms with E-state index in [1.54, 1.807) is 0 Å². The van der Waals surface area contributed by atoms with Crippen molar-refractivity contribution < 1.29 is 0 Å². The number of anilines is 1. The van der Waals surface area contributed by atoms with Gasteiger partial charge >= 0.3 is 0 Å². The molecule has 0 unspecified atom stereocenters. The molecular formula is C15H22N4. The van der Waals surface area contributed by atoms with E-state index in [1.165, 1.54) is 19.3 Å². The lowest BCUT2D eigenvalue weighted by Gasteiger charge is -2.33. The van der Waals surface area contributed by atoms with Gasteiger partial charge < -0.3 is 10.2 Å². The third-order valence-electron chi connectivity index (χ3n) is 3.85. The maximum absolute atomic E-state index is 9.18. The van der Waals surface area contributed by atoms with E-state index in [2.05, 4.69) is 21.3 Å². The van der Waals surface area contributed by atoms with Gasteiger partial charge in [-0.25, -0.2) is 4.98 Å². The zero-order chi connectivity index (χ0) is 13.7. The van der Waals surface area contributed by atoms with E-state index in [-0.39, 0.29) is 0 Å². The Balaban J connectivity index is 2.01. The number of piperidine rings is 1. The van der Waals surface area contributed by atoms with E-state index in [9.17, 15) is 5.26 Å². The lowest BCUT2D eigenvalue weighted by atomic mass is 9.93. The fourth-order valence-electron chi connectivity index (χ4n) is 2.65. The van der Waals surface area contributed by atoms with Crippen molar-refractivity contribution in [1.82, 2.24) is 10.3 Å². The van der Waals surface area contributed by atoms with E-state index >= 15 is 0 Å². The van der Waals surface area contributed by atoms with E-state index in [0.717, 1.165) is 37.1 Å². The number of nitriles is 1. The van der Waals surface area contributed by atoms with Crippen LogP contribution in [0.3, 0.4) is 0 Å². The Kier molecular flexibility index (Phi) is 4.75. The SMILES string of the molecule is CNCCC1CCN(c2nc(C)ccc2C#N)CC1. The molecule has 2 heterocycles. The van der Waals surface area contributed by atoms with Crippen molar-refractivity contribution in [2.75, 3.05) is 31.6 Å².